The Balaban J connectivity index is 1.46. The van der Waals surface area contributed by atoms with Crippen molar-refractivity contribution in [2.24, 2.45) is 17.6 Å². The summed E-state index contributed by atoms with van der Waals surface area (Å²) in [6.45, 7) is 0. The average molecular weight is 343 g/mol. The second kappa shape index (κ2) is 8.48. The van der Waals surface area contributed by atoms with Gasteiger partial charge in [0.1, 0.15) is 0 Å². The van der Waals surface area contributed by atoms with Crippen molar-refractivity contribution in [1.29, 1.82) is 0 Å². The number of amides is 2. The fourth-order valence-corrected chi connectivity index (χ4v) is 4.00. The van der Waals surface area contributed by atoms with Crippen molar-refractivity contribution < 1.29 is 9.59 Å². The van der Waals surface area contributed by atoms with Gasteiger partial charge in [0.05, 0.1) is 0 Å². The Hall–Kier alpha value is -1.88. The summed E-state index contributed by atoms with van der Waals surface area (Å²) < 4.78 is 0. The molecule has 0 saturated heterocycles. The lowest BCUT2D eigenvalue weighted by atomic mass is 9.87. The summed E-state index contributed by atoms with van der Waals surface area (Å²) in [5, 5.41) is 5.91. The Bertz CT molecular complexity index is 593. The number of nitrogens with two attached hydrogens (primary N) is 1. The summed E-state index contributed by atoms with van der Waals surface area (Å²) in [6, 6.07) is 7.51. The van der Waals surface area contributed by atoms with E-state index in [1.807, 2.05) is 24.3 Å². The third-order valence-corrected chi connectivity index (χ3v) is 5.48. The van der Waals surface area contributed by atoms with Gasteiger partial charge in [0.25, 0.3) is 0 Å². The molecule has 0 aromatic heterocycles. The van der Waals surface area contributed by atoms with Gasteiger partial charge >= 0.3 is 0 Å². The monoisotopic (exact) mass is 343 g/mol. The highest BCUT2D eigenvalue weighted by atomic mass is 16.2. The maximum Gasteiger partial charge on any atom is 0.227 e. The minimum Gasteiger partial charge on any atom is -0.328 e. The molecule has 0 radical (unpaired) electrons. The highest BCUT2D eigenvalue weighted by molar-refractivity contribution is 5.94. The molecule has 5 nitrogen and oxygen atoms in total. The number of hydrogen-bond donors (Lipinski definition) is 3. The van der Waals surface area contributed by atoms with Gasteiger partial charge in [-0.25, -0.2) is 0 Å². The van der Waals surface area contributed by atoms with Crippen LogP contribution >= 0.6 is 0 Å². The predicted molar refractivity (Wildman–Crippen MR) is 100 cm³/mol. The minimum absolute atomic E-state index is 0.0184. The normalized spacial score (nSPS) is 24.0. The van der Waals surface area contributed by atoms with Crippen LogP contribution in [0.1, 0.15) is 57.8 Å². The van der Waals surface area contributed by atoms with Crippen LogP contribution in [0, 0.1) is 11.8 Å². The summed E-state index contributed by atoms with van der Waals surface area (Å²) in [5.41, 5.74) is 7.41. The lowest BCUT2D eigenvalue weighted by Gasteiger charge is -2.20. The first-order valence-electron chi connectivity index (χ1n) is 9.56. The molecule has 2 amide bonds. The molecule has 2 aliphatic carbocycles. The molecule has 0 unspecified atom stereocenters. The first kappa shape index (κ1) is 17.9. The molecule has 1 aromatic rings. The van der Waals surface area contributed by atoms with Crippen LogP contribution in [0.3, 0.4) is 0 Å². The van der Waals surface area contributed by atoms with Gasteiger partial charge in [0, 0.05) is 29.8 Å². The van der Waals surface area contributed by atoms with Gasteiger partial charge in [-0.15, -0.1) is 0 Å². The van der Waals surface area contributed by atoms with Gasteiger partial charge in [-0.05, 0) is 62.3 Å². The second-order valence-electron chi connectivity index (χ2n) is 7.59. The molecule has 136 valence electrons. The predicted octanol–water partition coefficient (Wildman–Crippen LogP) is 3.66. The first-order valence-corrected chi connectivity index (χ1v) is 9.56. The second-order valence-corrected chi connectivity index (χ2v) is 7.59. The van der Waals surface area contributed by atoms with Crippen LogP contribution in [0.25, 0.3) is 0 Å². The molecular formula is C20H29N3O2. The summed E-state index contributed by atoms with van der Waals surface area (Å²) >= 11 is 0. The minimum atomic E-state index is 0.0184. The number of nitrogens with one attached hydrogen (secondary N) is 2. The summed E-state index contributed by atoms with van der Waals surface area (Å²) in [4.78, 5) is 24.4. The van der Waals surface area contributed by atoms with Crippen molar-refractivity contribution in [2.75, 3.05) is 10.6 Å². The van der Waals surface area contributed by atoms with E-state index >= 15 is 0 Å². The molecule has 1 aromatic carbocycles. The SMILES string of the molecule is N[C@H]1CC[C@@H](C(=O)Nc2ccc(NC(=O)CC3CCCCC3)cc2)C1. The van der Waals surface area contributed by atoms with Gasteiger partial charge in [-0.1, -0.05) is 19.3 Å². The Kier molecular flexibility index (Phi) is 6.08. The van der Waals surface area contributed by atoms with E-state index in [0.29, 0.717) is 12.3 Å². The van der Waals surface area contributed by atoms with Crippen LogP contribution in [-0.4, -0.2) is 17.9 Å². The number of carbonyl (C=O) groups is 2. The van der Waals surface area contributed by atoms with E-state index in [1.165, 1.54) is 32.1 Å². The van der Waals surface area contributed by atoms with Crippen LogP contribution in [0.4, 0.5) is 11.4 Å². The van der Waals surface area contributed by atoms with E-state index < -0.39 is 0 Å². The number of rotatable bonds is 5. The molecular weight excluding hydrogens is 314 g/mol. The van der Waals surface area contributed by atoms with E-state index in [1.54, 1.807) is 0 Å². The molecule has 4 N–H and O–H groups in total. The van der Waals surface area contributed by atoms with E-state index in [-0.39, 0.29) is 23.8 Å². The molecule has 2 fully saturated rings. The van der Waals surface area contributed by atoms with Gasteiger partial charge < -0.3 is 16.4 Å². The molecule has 0 heterocycles. The van der Waals surface area contributed by atoms with E-state index in [2.05, 4.69) is 10.6 Å². The summed E-state index contributed by atoms with van der Waals surface area (Å²) in [6.07, 6.45) is 9.30. The van der Waals surface area contributed by atoms with Crippen molar-refractivity contribution in [3.05, 3.63) is 24.3 Å². The topological polar surface area (TPSA) is 84.2 Å². The fraction of sp³-hybridized carbons (Fsp3) is 0.600. The Morgan fingerprint density at radius 1 is 0.920 bits per heavy atom. The van der Waals surface area contributed by atoms with E-state index in [0.717, 1.165) is 30.6 Å². The van der Waals surface area contributed by atoms with Crippen LogP contribution in [0.2, 0.25) is 0 Å². The Morgan fingerprint density at radius 3 is 2.16 bits per heavy atom. The van der Waals surface area contributed by atoms with E-state index in [9.17, 15) is 9.59 Å². The van der Waals surface area contributed by atoms with Crippen molar-refractivity contribution >= 4 is 23.2 Å². The van der Waals surface area contributed by atoms with Crippen LogP contribution in [-0.2, 0) is 9.59 Å². The maximum atomic E-state index is 12.2. The third kappa shape index (κ3) is 5.30. The number of anilines is 2. The fourth-order valence-electron chi connectivity index (χ4n) is 4.00. The summed E-state index contributed by atoms with van der Waals surface area (Å²) in [5.74, 6) is 0.681. The van der Waals surface area contributed by atoms with Gasteiger partial charge in [0.15, 0.2) is 0 Å². The molecule has 25 heavy (non-hydrogen) atoms. The molecule has 0 aliphatic heterocycles. The maximum absolute atomic E-state index is 12.2. The third-order valence-electron chi connectivity index (χ3n) is 5.48. The smallest absolute Gasteiger partial charge is 0.227 e. The standard InChI is InChI=1S/C20H29N3O2/c21-16-7-6-15(13-16)20(25)23-18-10-8-17(9-11-18)22-19(24)12-14-4-2-1-3-5-14/h8-11,14-16H,1-7,12-13,21H2,(H,22,24)(H,23,25)/t15-,16+/m1/s1. The Morgan fingerprint density at radius 2 is 1.56 bits per heavy atom. The lowest BCUT2D eigenvalue weighted by Crippen LogP contribution is -2.23. The zero-order valence-electron chi connectivity index (χ0n) is 14.8. The quantitative estimate of drug-likeness (QED) is 0.763. The van der Waals surface area contributed by atoms with Crippen LogP contribution < -0.4 is 16.4 Å². The first-order chi connectivity index (χ1) is 12.1. The number of carbonyl (C=O) groups excluding carboxylic acids is 2. The zero-order valence-corrected chi connectivity index (χ0v) is 14.8. The van der Waals surface area contributed by atoms with Crippen molar-refractivity contribution in [3.63, 3.8) is 0 Å². The van der Waals surface area contributed by atoms with Gasteiger partial charge in [-0.3, -0.25) is 9.59 Å². The molecule has 5 heteroatoms. The Labute approximate surface area is 149 Å². The van der Waals surface area contributed by atoms with Crippen molar-refractivity contribution in [1.82, 2.24) is 0 Å². The van der Waals surface area contributed by atoms with Crippen LogP contribution in [0.15, 0.2) is 24.3 Å². The zero-order chi connectivity index (χ0) is 17.6. The summed E-state index contributed by atoms with van der Waals surface area (Å²) in [7, 11) is 0. The number of benzene rings is 1. The van der Waals surface area contributed by atoms with Crippen molar-refractivity contribution in [3.8, 4) is 0 Å². The van der Waals surface area contributed by atoms with Crippen LogP contribution in [0.5, 0.6) is 0 Å². The van der Waals surface area contributed by atoms with E-state index in [4.69, 9.17) is 5.73 Å². The molecule has 3 rings (SSSR count). The number of hydrogen-bond acceptors (Lipinski definition) is 3. The molecule has 2 aliphatic rings. The van der Waals surface area contributed by atoms with Crippen molar-refractivity contribution in [2.45, 2.75) is 63.8 Å². The highest BCUT2D eigenvalue weighted by Crippen LogP contribution is 2.27. The molecule has 0 bridgehead atoms. The molecule has 2 atom stereocenters. The highest BCUT2D eigenvalue weighted by Gasteiger charge is 2.27. The lowest BCUT2D eigenvalue weighted by molar-refractivity contribution is -0.120. The van der Waals surface area contributed by atoms with Gasteiger partial charge in [-0.2, -0.15) is 0 Å². The molecule has 2 saturated carbocycles. The average Bonchev–Trinajstić information content (AvgIpc) is 3.04. The van der Waals surface area contributed by atoms with Gasteiger partial charge in [0.2, 0.25) is 11.8 Å². The largest absolute Gasteiger partial charge is 0.328 e. The molecule has 0 spiro atoms.